The van der Waals surface area contributed by atoms with Crippen molar-refractivity contribution in [2.24, 2.45) is 0 Å². The van der Waals surface area contributed by atoms with E-state index in [2.05, 4.69) is 210 Å². The predicted octanol–water partition coefficient (Wildman–Crippen LogP) is 15.9. The van der Waals surface area contributed by atoms with Crippen LogP contribution in [0.25, 0.3) is 99.1 Å². The maximum atomic E-state index is 2.43. The van der Waals surface area contributed by atoms with Crippen molar-refractivity contribution in [3.63, 3.8) is 0 Å². The molecule has 0 aromatic heterocycles. The highest BCUT2D eigenvalue weighted by atomic mass is 14.4. The second-order valence-corrected chi connectivity index (χ2v) is 17.6. The topological polar surface area (TPSA) is 0 Å². The highest BCUT2D eigenvalue weighted by Gasteiger charge is 2.36. The van der Waals surface area contributed by atoms with Crippen molar-refractivity contribution in [3.05, 3.63) is 204 Å². The minimum absolute atomic E-state index is 0.0139. The number of benzene rings is 10. The quantitative estimate of drug-likeness (QED) is 0.158. The second-order valence-electron chi connectivity index (χ2n) is 17.6. The zero-order chi connectivity index (χ0) is 38.9. The van der Waals surface area contributed by atoms with Crippen LogP contribution < -0.4 is 0 Å². The lowest BCUT2D eigenvalue weighted by molar-refractivity contribution is 0.660. The van der Waals surface area contributed by atoms with Crippen molar-refractivity contribution >= 4 is 32.3 Å². The molecule has 0 nitrogen and oxygen atoms in total. The molecular weight excluding hydrogens is 697 g/mol. The molecule has 2 aliphatic rings. The van der Waals surface area contributed by atoms with Gasteiger partial charge in [-0.25, -0.2) is 0 Å². The largest absolute Gasteiger partial charge is 0.0619 e. The molecule has 0 heteroatoms. The Morgan fingerprint density at radius 2 is 0.603 bits per heavy atom. The first kappa shape index (κ1) is 33.4. The normalized spacial score (nSPS) is 14.5. The first-order chi connectivity index (χ1) is 28.3. The fourth-order valence-electron chi connectivity index (χ4n) is 11.0. The van der Waals surface area contributed by atoms with E-state index in [1.54, 1.807) is 0 Å². The van der Waals surface area contributed by atoms with Crippen LogP contribution in [0.4, 0.5) is 0 Å². The summed E-state index contributed by atoms with van der Waals surface area (Å²) >= 11 is 0. The van der Waals surface area contributed by atoms with Gasteiger partial charge in [0.1, 0.15) is 0 Å². The van der Waals surface area contributed by atoms with Gasteiger partial charge in [0.25, 0.3) is 0 Å². The molecule has 0 bridgehead atoms. The van der Waals surface area contributed by atoms with Crippen LogP contribution >= 0.6 is 0 Å². The lowest BCUT2D eigenvalue weighted by Gasteiger charge is -2.22. The third-order valence-electron chi connectivity index (χ3n) is 13.9. The fourth-order valence-corrected chi connectivity index (χ4v) is 11.0. The van der Waals surface area contributed by atoms with E-state index in [-0.39, 0.29) is 10.8 Å². The van der Waals surface area contributed by atoms with Crippen molar-refractivity contribution in [1.82, 2.24) is 0 Å². The Balaban J connectivity index is 1.02. The van der Waals surface area contributed by atoms with Crippen LogP contribution in [0.3, 0.4) is 0 Å². The molecule has 0 saturated carbocycles. The monoisotopic (exact) mass is 738 g/mol. The summed E-state index contributed by atoms with van der Waals surface area (Å²) in [5.74, 6) is 0. The zero-order valence-corrected chi connectivity index (χ0v) is 33.3. The van der Waals surface area contributed by atoms with Crippen LogP contribution in [0, 0.1) is 0 Å². The smallest absolute Gasteiger partial charge is 0.0158 e. The molecule has 0 saturated heterocycles. The van der Waals surface area contributed by atoms with E-state index in [4.69, 9.17) is 0 Å². The van der Waals surface area contributed by atoms with Gasteiger partial charge in [-0.1, -0.05) is 198 Å². The fraction of sp³-hybridized carbons (Fsp3) is 0.103. The van der Waals surface area contributed by atoms with Gasteiger partial charge in [-0.15, -0.1) is 0 Å². The average Bonchev–Trinajstić information content (AvgIpc) is 3.64. The summed E-state index contributed by atoms with van der Waals surface area (Å²) in [6.45, 7) is 9.42. The molecule has 0 aliphatic heterocycles. The van der Waals surface area contributed by atoms with E-state index in [9.17, 15) is 0 Å². The zero-order valence-electron chi connectivity index (χ0n) is 33.3. The van der Waals surface area contributed by atoms with Crippen LogP contribution in [0.1, 0.15) is 49.9 Å². The Bertz CT molecular complexity index is 3110. The lowest BCUT2D eigenvalue weighted by atomic mass is 9.81. The molecule has 0 fully saturated rings. The minimum atomic E-state index is -0.0139. The Morgan fingerprint density at radius 3 is 1.03 bits per heavy atom. The van der Waals surface area contributed by atoms with E-state index >= 15 is 0 Å². The third-order valence-corrected chi connectivity index (χ3v) is 13.9. The summed E-state index contributed by atoms with van der Waals surface area (Å²) < 4.78 is 0. The van der Waals surface area contributed by atoms with Crippen molar-refractivity contribution in [2.45, 2.75) is 38.5 Å². The molecule has 274 valence electrons. The van der Waals surface area contributed by atoms with Gasteiger partial charge in [-0.2, -0.15) is 0 Å². The summed E-state index contributed by atoms with van der Waals surface area (Å²) in [7, 11) is 0. The van der Waals surface area contributed by atoms with E-state index in [0.717, 1.165) is 0 Å². The summed E-state index contributed by atoms with van der Waals surface area (Å²) in [6, 6.07) is 68.8. The minimum Gasteiger partial charge on any atom is -0.0619 e. The molecule has 2 aliphatic carbocycles. The first-order valence-electron chi connectivity index (χ1n) is 20.7. The molecule has 0 N–H and O–H groups in total. The van der Waals surface area contributed by atoms with Gasteiger partial charge in [0.15, 0.2) is 0 Å². The number of hydrogen-bond acceptors (Lipinski definition) is 0. The van der Waals surface area contributed by atoms with Crippen molar-refractivity contribution in [3.8, 4) is 66.8 Å². The SMILES string of the molecule is CC1(C)c2ccccc2-c2cc(-c3ccccc3-c3ccc4ccc5c(-c6ccccc6-c6ccc7c(c6)-c6ccccc6C7(C)C)ccc6ccc3c4c65)ccc21. The van der Waals surface area contributed by atoms with E-state index in [0.29, 0.717) is 0 Å². The number of rotatable bonds is 4. The Labute approximate surface area is 340 Å². The van der Waals surface area contributed by atoms with Crippen LogP contribution in [0.5, 0.6) is 0 Å². The predicted molar refractivity (Wildman–Crippen MR) is 247 cm³/mol. The van der Waals surface area contributed by atoms with Crippen molar-refractivity contribution in [2.75, 3.05) is 0 Å². The standard InChI is InChI=1S/C58H42/c1-57(2)51-19-11-9-17-45(51)49-33-37(25-31-53(49)57)39-13-5-7-15-41(39)43-27-21-35-24-30-48-44(28-22-36-23-29-47(43)55(35)56(36)48)42-16-8-6-14-40(42)38-26-32-54-50(34-38)46-18-10-12-20-52(46)58(54,3)4/h5-34H,1-4H3. The third kappa shape index (κ3) is 4.52. The number of fused-ring (bicyclic) bond motifs is 6. The van der Waals surface area contributed by atoms with Gasteiger partial charge in [-0.05, 0) is 133 Å². The maximum Gasteiger partial charge on any atom is 0.0158 e. The summed E-state index contributed by atoms with van der Waals surface area (Å²) in [5, 5.41) is 7.80. The van der Waals surface area contributed by atoms with Crippen LogP contribution in [0.15, 0.2) is 182 Å². The Hall–Kier alpha value is -6.76. The molecule has 0 amide bonds. The highest BCUT2D eigenvalue weighted by Crippen LogP contribution is 2.52. The Morgan fingerprint density at radius 1 is 0.259 bits per heavy atom. The van der Waals surface area contributed by atoms with E-state index in [1.807, 2.05) is 0 Å². The molecule has 0 radical (unpaired) electrons. The highest BCUT2D eigenvalue weighted by molar-refractivity contribution is 6.28. The second kappa shape index (κ2) is 11.9. The van der Waals surface area contributed by atoms with E-state index < -0.39 is 0 Å². The van der Waals surface area contributed by atoms with Crippen molar-refractivity contribution in [1.29, 1.82) is 0 Å². The molecule has 0 atom stereocenters. The molecule has 58 heavy (non-hydrogen) atoms. The lowest BCUT2D eigenvalue weighted by Crippen LogP contribution is -2.14. The van der Waals surface area contributed by atoms with Crippen LogP contribution in [-0.4, -0.2) is 0 Å². The summed E-state index contributed by atoms with van der Waals surface area (Å²) in [6.07, 6.45) is 0. The first-order valence-corrected chi connectivity index (χ1v) is 20.7. The van der Waals surface area contributed by atoms with Crippen LogP contribution in [-0.2, 0) is 10.8 Å². The molecule has 10 aromatic rings. The molecule has 10 aromatic carbocycles. The Kier molecular flexibility index (Phi) is 6.84. The molecule has 0 unspecified atom stereocenters. The molecular formula is C58H42. The van der Waals surface area contributed by atoms with Gasteiger partial charge < -0.3 is 0 Å². The summed E-state index contributed by atoms with van der Waals surface area (Å²) in [4.78, 5) is 0. The van der Waals surface area contributed by atoms with Gasteiger partial charge in [0.05, 0.1) is 0 Å². The van der Waals surface area contributed by atoms with Gasteiger partial charge in [-0.3, -0.25) is 0 Å². The van der Waals surface area contributed by atoms with Crippen molar-refractivity contribution < 1.29 is 0 Å². The maximum absolute atomic E-state index is 2.43. The summed E-state index contributed by atoms with van der Waals surface area (Å²) in [5.41, 5.74) is 21.1. The molecule has 0 spiro atoms. The van der Waals surface area contributed by atoms with E-state index in [1.165, 1.54) is 121 Å². The number of hydrogen-bond donors (Lipinski definition) is 0. The van der Waals surface area contributed by atoms with Gasteiger partial charge in [0.2, 0.25) is 0 Å². The molecule has 12 rings (SSSR count). The average molecular weight is 739 g/mol. The molecule has 0 heterocycles. The van der Waals surface area contributed by atoms with Gasteiger partial charge in [0, 0.05) is 10.8 Å². The van der Waals surface area contributed by atoms with Crippen LogP contribution in [0.2, 0.25) is 0 Å². The van der Waals surface area contributed by atoms with Gasteiger partial charge >= 0.3 is 0 Å².